The van der Waals surface area contributed by atoms with Gasteiger partial charge >= 0.3 is 19.8 Å². The van der Waals surface area contributed by atoms with Gasteiger partial charge in [-0.3, -0.25) is 18.6 Å². The number of allylic oxidation sites excluding steroid dienone is 12. The first-order valence-corrected chi connectivity index (χ1v) is 22.5. The van der Waals surface area contributed by atoms with Crippen molar-refractivity contribution in [2.75, 3.05) is 26.4 Å². The largest absolute Gasteiger partial charge is 0.472 e. The lowest BCUT2D eigenvalue weighted by Crippen LogP contribution is -2.29. The first kappa shape index (κ1) is 52.4. The van der Waals surface area contributed by atoms with E-state index in [9.17, 15) is 24.2 Å². The number of esters is 2. The summed E-state index contributed by atoms with van der Waals surface area (Å²) in [5.74, 6) is -0.981. The maximum Gasteiger partial charge on any atom is 0.472 e. The molecule has 11 heteroatoms. The highest BCUT2D eigenvalue weighted by molar-refractivity contribution is 7.47. The fourth-order valence-corrected chi connectivity index (χ4v) is 6.02. The SMILES string of the molecule is CC/C=C/C=C/C=C/C=C/CCCCCC(=O)OC(COC(=O)CCCCCCCCCCCC/C=C/C=C/CCCCC)COP(=O)(O)OC[C@H](O)CO. The Bertz CT molecular complexity index is 1140. The van der Waals surface area contributed by atoms with Crippen molar-refractivity contribution in [2.45, 2.75) is 167 Å². The summed E-state index contributed by atoms with van der Waals surface area (Å²) in [6.07, 6.45) is 44.4. The summed E-state index contributed by atoms with van der Waals surface area (Å²) in [5, 5.41) is 18.3. The summed E-state index contributed by atoms with van der Waals surface area (Å²) in [6.45, 7) is 2.14. The molecule has 2 unspecified atom stereocenters. The van der Waals surface area contributed by atoms with Crippen LogP contribution in [-0.2, 0) is 32.7 Å². The smallest absolute Gasteiger partial charge is 0.462 e. The number of carbonyl (C=O) groups is 2. The molecule has 0 aliphatic carbocycles. The number of aliphatic hydroxyl groups is 2. The highest BCUT2D eigenvalue weighted by atomic mass is 31.2. The molecule has 0 saturated heterocycles. The van der Waals surface area contributed by atoms with Gasteiger partial charge in [0.1, 0.15) is 12.7 Å². The molecule has 3 N–H and O–H groups in total. The summed E-state index contributed by atoms with van der Waals surface area (Å²) < 4.78 is 32.6. The summed E-state index contributed by atoms with van der Waals surface area (Å²) in [7, 11) is -4.63. The van der Waals surface area contributed by atoms with Crippen LogP contribution in [0.3, 0.4) is 0 Å². The van der Waals surface area contributed by atoms with Crippen molar-refractivity contribution >= 4 is 19.8 Å². The molecule has 0 aromatic rings. The summed E-state index contributed by atoms with van der Waals surface area (Å²) in [4.78, 5) is 34.9. The van der Waals surface area contributed by atoms with Crippen LogP contribution in [0.1, 0.15) is 155 Å². The van der Waals surface area contributed by atoms with Gasteiger partial charge < -0.3 is 24.6 Å². The molecule has 3 atom stereocenters. The zero-order chi connectivity index (χ0) is 40.5. The highest BCUT2D eigenvalue weighted by Crippen LogP contribution is 2.43. The maximum atomic E-state index is 12.6. The van der Waals surface area contributed by atoms with Gasteiger partial charge in [-0.2, -0.15) is 0 Å². The van der Waals surface area contributed by atoms with E-state index in [-0.39, 0.29) is 19.4 Å². The molecule has 0 saturated carbocycles. The van der Waals surface area contributed by atoms with E-state index in [2.05, 4.69) is 54.8 Å². The number of rotatable bonds is 38. The Hall–Kier alpha value is -2.59. The second-order valence-corrected chi connectivity index (χ2v) is 15.2. The van der Waals surface area contributed by atoms with Gasteiger partial charge in [0, 0.05) is 12.8 Å². The predicted molar refractivity (Wildman–Crippen MR) is 223 cm³/mol. The molecule has 0 aromatic carbocycles. The molecule has 0 fully saturated rings. The number of phosphoric ester groups is 1. The Morgan fingerprint density at radius 1 is 0.564 bits per heavy atom. The Morgan fingerprint density at radius 3 is 1.55 bits per heavy atom. The van der Waals surface area contributed by atoms with Crippen LogP contribution in [0, 0.1) is 0 Å². The van der Waals surface area contributed by atoms with Crippen LogP contribution in [0.15, 0.2) is 72.9 Å². The van der Waals surface area contributed by atoms with Gasteiger partial charge in [-0.25, -0.2) is 4.57 Å². The molecule has 0 aliphatic rings. The molecule has 316 valence electrons. The fourth-order valence-electron chi connectivity index (χ4n) is 5.23. The molecule has 0 radical (unpaired) electrons. The Morgan fingerprint density at radius 2 is 1.00 bits per heavy atom. The Balaban J connectivity index is 4.34. The van der Waals surface area contributed by atoms with Crippen molar-refractivity contribution in [3.05, 3.63) is 72.9 Å². The van der Waals surface area contributed by atoms with E-state index in [1.54, 1.807) is 0 Å². The first-order valence-electron chi connectivity index (χ1n) is 21.0. The molecular formula is C44H75O10P. The van der Waals surface area contributed by atoms with Gasteiger partial charge in [0.15, 0.2) is 6.10 Å². The molecule has 0 aromatic heterocycles. The van der Waals surface area contributed by atoms with E-state index in [0.29, 0.717) is 12.8 Å². The van der Waals surface area contributed by atoms with Crippen molar-refractivity contribution in [3.8, 4) is 0 Å². The van der Waals surface area contributed by atoms with Crippen LogP contribution < -0.4 is 0 Å². The molecule has 0 rings (SSSR count). The van der Waals surface area contributed by atoms with Crippen LogP contribution in [0.25, 0.3) is 0 Å². The van der Waals surface area contributed by atoms with Crippen LogP contribution in [0.4, 0.5) is 0 Å². The minimum Gasteiger partial charge on any atom is -0.462 e. The van der Waals surface area contributed by atoms with E-state index in [0.717, 1.165) is 51.4 Å². The topological polar surface area (TPSA) is 149 Å². The molecular weight excluding hydrogens is 719 g/mol. The highest BCUT2D eigenvalue weighted by Gasteiger charge is 2.27. The zero-order valence-corrected chi connectivity index (χ0v) is 35.0. The van der Waals surface area contributed by atoms with E-state index >= 15 is 0 Å². The van der Waals surface area contributed by atoms with Gasteiger partial charge in [-0.15, -0.1) is 0 Å². The summed E-state index contributed by atoms with van der Waals surface area (Å²) in [5.41, 5.74) is 0. The van der Waals surface area contributed by atoms with E-state index in [4.69, 9.17) is 19.1 Å². The first-order chi connectivity index (χ1) is 26.7. The summed E-state index contributed by atoms with van der Waals surface area (Å²) >= 11 is 0. The average Bonchev–Trinajstić information content (AvgIpc) is 3.17. The normalized spacial score (nSPS) is 14.6. The van der Waals surface area contributed by atoms with Crippen molar-refractivity contribution < 1.29 is 47.8 Å². The molecule has 0 heterocycles. The summed E-state index contributed by atoms with van der Waals surface area (Å²) in [6, 6.07) is 0. The monoisotopic (exact) mass is 795 g/mol. The van der Waals surface area contributed by atoms with Gasteiger partial charge in [0.25, 0.3) is 0 Å². The Labute approximate surface area is 333 Å². The van der Waals surface area contributed by atoms with Crippen molar-refractivity contribution in [1.29, 1.82) is 0 Å². The third-order valence-electron chi connectivity index (χ3n) is 8.47. The third-order valence-corrected chi connectivity index (χ3v) is 9.42. The lowest BCUT2D eigenvalue weighted by atomic mass is 10.1. The van der Waals surface area contributed by atoms with Gasteiger partial charge in [-0.05, 0) is 57.8 Å². The molecule has 0 aliphatic heterocycles. The average molecular weight is 795 g/mol. The molecule has 0 spiro atoms. The van der Waals surface area contributed by atoms with Crippen molar-refractivity contribution in [3.63, 3.8) is 0 Å². The number of ether oxygens (including phenoxy) is 2. The molecule has 0 amide bonds. The number of aliphatic hydroxyl groups excluding tert-OH is 2. The lowest BCUT2D eigenvalue weighted by molar-refractivity contribution is -0.161. The molecule has 55 heavy (non-hydrogen) atoms. The lowest BCUT2D eigenvalue weighted by Gasteiger charge is -2.20. The predicted octanol–water partition coefficient (Wildman–Crippen LogP) is 10.9. The van der Waals surface area contributed by atoms with E-state index < -0.39 is 51.8 Å². The van der Waals surface area contributed by atoms with Crippen molar-refractivity contribution in [1.82, 2.24) is 0 Å². The quantitative estimate of drug-likeness (QED) is 0.0239. The standard InChI is InChI=1S/C44H75O10P/c1-3-5-7-9-11-13-15-17-18-19-20-21-22-24-25-27-29-31-33-35-43(47)51-39-42(40-53-55(49,50)52-38-41(46)37-45)54-44(48)36-34-32-30-28-26-23-16-14-12-10-8-6-4-2/h6,8,10-17,23,26,41-42,45-46H,3-5,7,9,18-22,24-25,27-40H2,1-2H3,(H,49,50)/b8-6+,12-10+,13-11+,16-14+,17-15+,26-23+/t41-,42?/m1/s1. The number of hydrogen-bond donors (Lipinski definition) is 3. The van der Waals surface area contributed by atoms with E-state index in [1.807, 2.05) is 36.5 Å². The number of carbonyl (C=O) groups excluding carboxylic acids is 2. The van der Waals surface area contributed by atoms with Gasteiger partial charge in [0.05, 0.1) is 19.8 Å². The van der Waals surface area contributed by atoms with Crippen LogP contribution in [0.5, 0.6) is 0 Å². The van der Waals surface area contributed by atoms with Crippen LogP contribution >= 0.6 is 7.82 Å². The fraction of sp³-hybridized carbons (Fsp3) is 0.682. The molecule has 0 bridgehead atoms. The third kappa shape index (κ3) is 39.4. The van der Waals surface area contributed by atoms with E-state index in [1.165, 1.54) is 64.2 Å². The minimum atomic E-state index is -4.63. The van der Waals surface area contributed by atoms with Crippen LogP contribution in [-0.4, -0.2) is 65.7 Å². The number of unbranched alkanes of at least 4 members (excludes halogenated alkanes) is 16. The second-order valence-electron chi connectivity index (χ2n) is 13.8. The van der Waals surface area contributed by atoms with Crippen molar-refractivity contribution in [2.24, 2.45) is 0 Å². The Kier molecular flexibility index (Phi) is 37.8. The minimum absolute atomic E-state index is 0.134. The van der Waals surface area contributed by atoms with Gasteiger partial charge in [-0.1, -0.05) is 157 Å². The van der Waals surface area contributed by atoms with Crippen LogP contribution in [0.2, 0.25) is 0 Å². The number of hydrogen-bond acceptors (Lipinski definition) is 9. The van der Waals surface area contributed by atoms with Gasteiger partial charge in [0.2, 0.25) is 0 Å². The molecule has 10 nitrogen and oxygen atoms in total. The maximum absolute atomic E-state index is 12.6. The zero-order valence-electron chi connectivity index (χ0n) is 34.1. The second kappa shape index (κ2) is 39.6. The number of phosphoric acid groups is 1.